The van der Waals surface area contributed by atoms with Crippen molar-refractivity contribution in [2.24, 2.45) is 0 Å². The second-order valence-electron chi connectivity index (χ2n) is 4.93. The lowest BCUT2D eigenvalue weighted by Gasteiger charge is -2.32. The zero-order valence-corrected chi connectivity index (χ0v) is 12.3. The molecular weight excluding hydrogens is 262 g/mol. The van der Waals surface area contributed by atoms with Gasteiger partial charge in [0.2, 0.25) is 5.91 Å². The number of nitrogens with one attached hydrogen (secondary N) is 2. The fourth-order valence-electron chi connectivity index (χ4n) is 2.37. The summed E-state index contributed by atoms with van der Waals surface area (Å²) in [7, 11) is 0. The maximum atomic E-state index is 11.2. The number of nitrogens with zero attached hydrogens (tertiary/aromatic N) is 1. The molecule has 0 radical (unpaired) electrons. The molecule has 4 nitrogen and oxygen atoms in total. The van der Waals surface area contributed by atoms with Gasteiger partial charge in [0, 0.05) is 44.8 Å². The number of amides is 1. The standard InChI is InChI=1S/C14H21N3O.ClH/c1-11-9-17(8-7-15-11)10-13-5-3-4-6-14(13)16-12(2)18;/h3-6,11,15H,7-10H2,1-2H3,(H,16,18);1H. The smallest absolute Gasteiger partial charge is 0.221 e. The van der Waals surface area contributed by atoms with E-state index in [2.05, 4.69) is 28.5 Å². The Bertz CT molecular complexity index is 425. The number of carbonyl (C=O) groups excluding carboxylic acids is 1. The third-order valence-corrected chi connectivity index (χ3v) is 3.17. The predicted octanol–water partition coefficient (Wildman–Crippen LogP) is 1.86. The summed E-state index contributed by atoms with van der Waals surface area (Å²) in [4.78, 5) is 13.6. The van der Waals surface area contributed by atoms with Gasteiger partial charge in [-0.25, -0.2) is 0 Å². The van der Waals surface area contributed by atoms with Crippen molar-refractivity contribution < 1.29 is 4.79 Å². The molecule has 1 fully saturated rings. The zero-order chi connectivity index (χ0) is 13.0. The zero-order valence-electron chi connectivity index (χ0n) is 11.5. The Morgan fingerprint density at radius 2 is 2.21 bits per heavy atom. The van der Waals surface area contributed by atoms with Crippen LogP contribution in [-0.4, -0.2) is 36.5 Å². The minimum Gasteiger partial charge on any atom is -0.326 e. The van der Waals surface area contributed by atoms with Crippen molar-refractivity contribution in [1.29, 1.82) is 0 Å². The summed E-state index contributed by atoms with van der Waals surface area (Å²) in [5.41, 5.74) is 2.11. The van der Waals surface area contributed by atoms with Crippen LogP contribution < -0.4 is 10.6 Å². The van der Waals surface area contributed by atoms with E-state index in [1.54, 1.807) is 6.92 Å². The van der Waals surface area contributed by atoms with Gasteiger partial charge in [-0.2, -0.15) is 0 Å². The van der Waals surface area contributed by atoms with E-state index in [0.717, 1.165) is 31.9 Å². The molecule has 1 aromatic carbocycles. The van der Waals surface area contributed by atoms with Crippen molar-refractivity contribution in [3.63, 3.8) is 0 Å². The van der Waals surface area contributed by atoms with Crippen LogP contribution in [0.15, 0.2) is 24.3 Å². The predicted molar refractivity (Wildman–Crippen MR) is 80.7 cm³/mol. The monoisotopic (exact) mass is 283 g/mol. The molecule has 1 aliphatic heterocycles. The van der Waals surface area contributed by atoms with E-state index in [9.17, 15) is 4.79 Å². The van der Waals surface area contributed by atoms with Crippen LogP contribution in [0.5, 0.6) is 0 Å². The number of halogens is 1. The number of hydrogen-bond donors (Lipinski definition) is 2. The molecule has 106 valence electrons. The topological polar surface area (TPSA) is 44.4 Å². The quantitative estimate of drug-likeness (QED) is 0.890. The van der Waals surface area contributed by atoms with E-state index < -0.39 is 0 Å². The number of carbonyl (C=O) groups is 1. The normalized spacial score (nSPS) is 19.6. The van der Waals surface area contributed by atoms with Crippen LogP contribution in [0, 0.1) is 0 Å². The minimum absolute atomic E-state index is 0. The molecule has 2 N–H and O–H groups in total. The lowest BCUT2D eigenvalue weighted by molar-refractivity contribution is -0.114. The fraction of sp³-hybridized carbons (Fsp3) is 0.500. The molecule has 1 saturated heterocycles. The van der Waals surface area contributed by atoms with Gasteiger partial charge in [-0.1, -0.05) is 18.2 Å². The lowest BCUT2D eigenvalue weighted by Crippen LogP contribution is -2.48. The van der Waals surface area contributed by atoms with Crippen molar-refractivity contribution in [3.8, 4) is 0 Å². The first kappa shape index (κ1) is 16.0. The summed E-state index contributed by atoms with van der Waals surface area (Å²) in [5.74, 6) is -0.0175. The van der Waals surface area contributed by atoms with Crippen molar-refractivity contribution >= 4 is 24.0 Å². The third kappa shape index (κ3) is 4.82. The second kappa shape index (κ2) is 7.48. The van der Waals surface area contributed by atoms with Crippen molar-refractivity contribution in [1.82, 2.24) is 10.2 Å². The number of anilines is 1. The van der Waals surface area contributed by atoms with Crippen LogP contribution in [0.25, 0.3) is 0 Å². The summed E-state index contributed by atoms with van der Waals surface area (Å²) in [6.07, 6.45) is 0. The Labute approximate surface area is 121 Å². The maximum absolute atomic E-state index is 11.2. The molecule has 0 spiro atoms. The van der Waals surface area contributed by atoms with E-state index >= 15 is 0 Å². The highest BCUT2D eigenvalue weighted by Crippen LogP contribution is 2.17. The number of rotatable bonds is 3. The first-order chi connectivity index (χ1) is 8.65. The average molecular weight is 284 g/mol. The molecule has 0 bridgehead atoms. The molecule has 1 amide bonds. The van der Waals surface area contributed by atoms with Crippen molar-refractivity contribution in [3.05, 3.63) is 29.8 Å². The summed E-state index contributed by atoms with van der Waals surface area (Å²) in [5, 5.41) is 6.33. The molecule has 1 aromatic rings. The largest absolute Gasteiger partial charge is 0.326 e. The van der Waals surface area contributed by atoms with Crippen molar-refractivity contribution in [2.75, 3.05) is 25.0 Å². The average Bonchev–Trinajstić information content (AvgIpc) is 2.31. The van der Waals surface area contributed by atoms with Crippen LogP contribution >= 0.6 is 12.4 Å². The van der Waals surface area contributed by atoms with Gasteiger partial charge in [-0.15, -0.1) is 12.4 Å². The molecule has 1 atom stereocenters. The minimum atomic E-state index is -0.0175. The number of para-hydroxylation sites is 1. The highest BCUT2D eigenvalue weighted by Gasteiger charge is 2.16. The summed E-state index contributed by atoms with van der Waals surface area (Å²) in [6.45, 7) is 7.77. The Morgan fingerprint density at radius 3 is 2.89 bits per heavy atom. The van der Waals surface area contributed by atoms with Crippen LogP contribution in [0.4, 0.5) is 5.69 Å². The molecule has 5 heteroatoms. The SMILES string of the molecule is CC(=O)Nc1ccccc1CN1CCNC(C)C1.Cl. The molecule has 19 heavy (non-hydrogen) atoms. The third-order valence-electron chi connectivity index (χ3n) is 3.17. The van der Waals surface area contributed by atoms with Gasteiger partial charge in [0.1, 0.15) is 0 Å². The molecule has 0 saturated carbocycles. The molecular formula is C14H22ClN3O. The molecule has 2 rings (SSSR count). The Kier molecular flexibility index (Phi) is 6.28. The first-order valence-corrected chi connectivity index (χ1v) is 6.46. The molecule has 0 aliphatic carbocycles. The molecule has 1 heterocycles. The highest BCUT2D eigenvalue weighted by molar-refractivity contribution is 5.89. The Hall–Kier alpha value is -1.10. The van der Waals surface area contributed by atoms with Gasteiger partial charge in [-0.3, -0.25) is 9.69 Å². The number of piperazine rings is 1. The fourth-order valence-corrected chi connectivity index (χ4v) is 2.37. The lowest BCUT2D eigenvalue weighted by atomic mass is 10.1. The van der Waals surface area contributed by atoms with E-state index in [1.807, 2.05) is 18.2 Å². The summed E-state index contributed by atoms with van der Waals surface area (Å²) in [6, 6.07) is 8.55. The molecule has 1 aliphatic rings. The first-order valence-electron chi connectivity index (χ1n) is 6.46. The molecule has 0 aromatic heterocycles. The van der Waals surface area contributed by atoms with Crippen LogP contribution in [0.3, 0.4) is 0 Å². The second-order valence-corrected chi connectivity index (χ2v) is 4.93. The van der Waals surface area contributed by atoms with Gasteiger partial charge < -0.3 is 10.6 Å². The van der Waals surface area contributed by atoms with Crippen LogP contribution in [0.2, 0.25) is 0 Å². The van der Waals surface area contributed by atoms with Gasteiger partial charge in [0.15, 0.2) is 0 Å². The summed E-state index contributed by atoms with van der Waals surface area (Å²) < 4.78 is 0. The van der Waals surface area contributed by atoms with Crippen LogP contribution in [0.1, 0.15) is 19.4 Å². The van der Waals surface area contributed by atoms with Gasteiger partial charge in [0.05, 0.1) is 0 Å². The van der Waals surface area contributed by atoms with Crippen LogP contribution in [-0.2, 0) is 11.3 Å². The Morgan fingerprint density at radius 1 is 1.47 bits per heavy atom. The summed E-state index contributed by atoms with van der Waals surface area (Å²) >= 11 is 0. The van der Waals surface area contributed by atoms with Gasteiger partial charge in [-0.05, 0) is 18.6 Å². The van der Waals surface area contributed by atoms with E-state index in [4.69, 9.17) is 0 Å². The highest BCUT2D eigenvalue weighted by atomic mass is 35.5. The Balaban J connectivity index is 0.00000180. The number of benzene rings is 1. The van der Waals surface area contributed by atoms with E-state index in [0.29, 0.717) is 6.04 Å². The maximum Gasteiger partial charge on any atom is 0.221 e. The van der Waals surface area contributed by atoms with E-state index in [1.165, 1.54) is 5.56 Å². The van der Waals surface area contributed by atoms with Gasteiger partial charge in [0.25, 0.3) is 0 Å². The van der Waals surface area contributed by atoms with E-state index in [-0.39, 0.29) is 18.3 Å². The van der Waals surface area contributed by atoms with Gasteiger partial charge >= 0.3 is 0 Å². The number of hydrogen-bond acceptors (Lipinski definition) is 3. The molecule has 1 unspecified atom stereocenters. The van der Waals surface area contributed by atoms with Crippen molar-refractivity contribution in [2.45, 2.75) is 26.4 Å².